The van der Waals surface area contributed by atoms with E-state index in [0.717, 1.165) is 11.8 Å². The van der Waals surface area contributed by atoms with E-state index in [9.17, 15) is 16.8 Å². The van der Waals surface area contributed by atoms with Crippen LogP contribution in [0.25, 0.3) is 0 Å². The van der Waals surface area contributed by atoms with Crippen LogP contribution in [-0.4, -0.2) is 35.7 Å². The van der Waals surface area contributed by atoms with E-state index in [-0.39, 0.29) is 11.4 Å². The Morgan fingerprint density at radius 2 is 1.63 bits per heavy atom. The number of benzene rings is 1. The summed E-state index contributed by atoms with van der Waals surface area (Å²) in [7, 11) is -6.96. The Morgan fingerprint density at radius 1 is 1.11 bits per heavy atom. The number of hydrogen-bond acceptors (Lipinski definition) is 4. The normalized spacial score (nSPS) is 14.3. The lowest BCUT2D eigenvalue weighted by Crippen LogP contribution is -2.41. The molecule has 1 aromatic carbocycles. The first-order chi connectivity index (χ1) is 8.60. The maximum Gasteiger partial charge on any atom is 0.240 e. The van der Waals surface area contributed by atoms with E-state index in [0.29, 0.717) is 0 Å². The van der Waals surface area contributed by atoms with E-state index < -0.39 is 26.1 Å². The summed E-state index contributed by atoms with van der Waals surface area (Å²) in [4.78, 5) is 0.157. The van der Waals surface area contributed by atoms with E-state index in [4.69, 9.17) is 0 Å². The van der Waals surface area contributed by atoms with Crippen LogP contribution in [0.4, 0.5) is 0 Å². The van der Waals surface area contributed by atoms with E-state index >= 15 is 0 Å². The molecule has 8 heteroatoms. The summed E-state index contributed by atoms with van der Waals surface area (Å²) in [6.07, 6.45) is 1.03. The molecular weight excluding hydrogens is 288 g/mol. The molecule has 1 atom stereocenters. The van der Waals surface area contributed by atoms with Crippen molar-refractivity contribution < 1.29 is 16.8 Å². The predicted octanol–water partition coefficient (Wildman–Crippen LogP) is 0.211. The molecule has 0 fully saturated rings. The summed E-state index contributed by atoms with van der Waals surface area (Å²) in [5.74, 6) is 0. The molecule has 0 unspecified atom stereocenters. The SMILES string of the molecule is Cc1ccc(S(=O)(=O)NC[C@H](C)NS(C)(=O)=O)cc1. The fraction of sp³-hybridized carbons (Fsp3) is 0.455. The Labute approximate surface area is 114 Å². The van der Waals surface area contributed by atoms with Crippen LogP contribution >= 0.6 is 0 Å². The number of sulfonamides is 2. The van der Waals surface area contributed by atoms with Crippen LogP contribution in [0.1, 0.15) is 12.5 Å². The Morgan fingerprint density at radius 3 is 2.11 bits per heavy atom. The van der Waals surface area contributed by atoms with Gasteiger partial charge in [0.05, 0.1) is 11.2 Å². The molecule has 0 bridgehead atoms. The summed E-state index contributed by atoms with van der Waals surface area (Å²) in [6.45, 7) is 3.43. The molecule has 0 aliphatic heterocycles. The highest BCUT2D eigenvalue weighted by molar-refractivity contribution is 7.89. The largest absolute Gasteiger partial charge is 0.240 e. The monoisotopic (exact) mass is 306 g/mol. The van der Waals surface area contributed by atoms with Gasteiger partial charge in [-0.05, 0) is 26.0 Å². The first-order valence-electron chi connectivity index (χ1n) is 5.64. The number of rotatable bonds is 6. The standard InChI is InChI=1S/C11H18N2O4S2/c1-9-4-6-11(7-5-9)19(16,17)12-8-10(2)13-18(3,14)15/h4-7,10,12-13H,8H2,1-3H3/t10-/m0/s1. The molecule has 0 spiro atoms. The molecular formula is C11H18N2O4S2. The predicted molar refractivity (Wildman–Crippen MR) is 73.8 cm³/mol. The minimum atomic E-state index is -3.61. The third-order valence-electron chi connectivity index (χ3n) is 2.33. The lowest BCUT2D eigenvalue weighted by Gasteiger charge is -2.13. The first-order valence-corrected chi connectivity index (χ1v) is 9.01. The topological polar surface area (TPSA) is 92.3 Å². The van der Waals surface area contributed by atoms with E-state index in [1.807, 2.05) is 6.92 Å². The van der Waals surface area contributed by atoms with Crippen molar-refractivity contribution in [2.24, 2.45) is 0 Å². The number of hydrogen-bond donors (Lipinski definition) is 2. The van der Waals surface area contributed by atoms with Crippen molar-refractivity contribution >= 4 is 20.0 Å². The molecule has 0 amide bonds. The molecule has 1 rings (SSSR count). The van der Waals surface area contributed by atoms with Crippen LogP contribution in [0.15, 0.2) is 29.2 Å². The summed E-state index contributed by atoms with van der Waals surface area (Å²) in [5.41, 5.74) is 0.964. The minimum absolute atomic E-state index is 0.0106. The van der Waals surface area contributed by atoms with Crippen LogP contribution in [-0.2, 0) is 20.0 Å². The van der Waals surface area contributed by atoms with Crippen molar-refractivity contribution in [2.75, 3.05) is 12.8 Å². The molecule has 0 saturated heterocycles. The second kappa shape index (κ2) is 6.00. The van der Waals surface area contributed by atoms with Crippen molar-refractivity contribution in [3.05, 3.63) is 29.8 Å². The van der Waals surface area contributed by atoms with Gasteiger partial charge >= 0.3 is 0 Å². The Hall–Kier alpha value is -0.960. The third kappa shape index (κ3) is 5.68. The highest BCUT2D eigenvalue weighted by atomic mass is 32.2. The molecule has 0 aliphatic rings. The Kier molecular flexibility index (Phi) is 5.08. The third-order valence-corrected chi connectivity index (χ3v) is 4.60. The van der Waals surface area contributed by atoms with Gasteiger partial charge in [-0.2, -0.15) is 0 Å². The fourth-order valence-electron chi connectivity index (χ4n) is 1.44. The van der Waals surface area contributed by atoms with Gasteiger partial charge in [-0.3, -0.25) is 0 Å². The Balaban J connectivity index is 2.68. The van der Waals surface area contributed by atoms with Gasteiger partial charge in [0.1, 0.15) is 0 Å². The van der Waals surface area contributed by atoms with Crippen molar-refractivity contribution in [3.8, 4) is 0 Å². The van der Waals surface area contributed by atoms with Crippen molar-refractivity contribution in [2.45, 2.75) is 24.8 Å². The quantitative estimate of drug-likeness (QED) is 0.786. The van der Waals surface area contributed by atoms with Gasteiger partial charge in [-0.1, -0.05) is 17.7 Å². The summed E-state index contributed by atoms with van der Waals surface area (Å²) in [5, 5.41) is 0. The zero-order valence-electron chi connectivity index (χ0n) is 11.0. The van der Waals surface area contributed by atoms with Gasteiger partial charge in [-0.15, -0.1) is 0 Å². The van der Waals surface area contributed by atoms with E-state index in [1.54, 1.807) is 19.1 Å². The molecule has 0 aromatic heterocycles. The Bertz CT molecular complexity index is 621. The summed E-state index contributed by atoms with van der Waals surface area (Å²) < 4.78 is 50.5. The van der Waals surface area contributed by atoms with Gasteiger partial charge in [0.15, 0.2) is 0 Å². The van der Waals surface area contributed by atoms with Gasteiger partial charge in [-0.25, -0.2) is 26.3 Å². The lowest BCUT2D eigenvalue weighted by molar-refractivity contribution is 0.548. The molecule has 1 aromatic rings. The van der Waals surface area contributed by atoms with Crippen LogP contribution < -0.4 is 9.44 Å². The lowest BCUT2D eigenvalue weighted by atomic mass is 10.2. The molecule has 19 heavy (non-hydrogen) atoms. The van der Waals surface area contributed by atoms with E-state index in [1.165, 1.54) is 12.1 Å². The zero-order valence-corrected chi connectivity index (χ0v) is 12.7. The molecule has 2 N–H and O–H groups in total. The highest BCUT2D eigenvalue weighted by Gasteiger charge is 2.16. The highest BCUT2D eigenvalue weighted by Crippen LogP contribution is 2.09. The molecule has 0 aliphatic carbocycles. The zero-order chi connectivity index (χ0) is 14.7. The average Bonchev–Trinajstić information content (AvgIpc) is 2.25. The molecule has 6 nitrogen and oxygen atoms in total. The minimum Gasteiger partial charge on any atom is -0.213 e. The van der Waals surface area contributed by atoms with Crippen molar-refractivity contribution in [1.29, 1.82) is 0 Å². The second-order valence-corrected chi connectivity index (χ2v) is 8.00. The van der Waals surface area contributed by atoms with Crippen molar-refractivity contribution in [1.82, 2.24) is 9.44 Å². The van der Waals surface area contributed by atoms with Crippen molar-refractivity contribution in [3.63, 3.8) is 0 Å². The fourth-order valence-corrected chi connectivity index (χ4v) is 3.39. The van der Waals surface area contributed by atoms with Crippen LogP contribution in [0.3, 0.4) is 0 Å². The number of aryl methyl sites for hydroxylation is 1. The maximum atomic E-state index is 11.9. The maximum absolute atomic E-state index is 11.9. The van der Waals surface area contributed by atoms with Gasteiger partial charge < -0.3 is 0 Å². The number of nitrogens with one attached hydrogen (secondary N) is 2. The van der Waals surface area contributed by atoms with Crippen LogP contribution in [0, 0.1) is 6.92 Å². The van der Waals surface area contributed by atoms with Gasteiger partial charge in [0, 0.05) is 12.6 Å². The summed E-state index contributed by atoms with van der Waals surface area (Å²) >= 11 is 0. The average molecular weight is 306 g/mol. The summed E-state index contributed by atoms with van der Waals surface area (Å²) in [6, 6.07) is 5.90. The van der Waals surface area contributed by atoms with Gasteiger partial charge in [0.2, 0.25) is 20.0 Å². The van der Waals surface area contributed by atoms with Crippen LogP contribution in [0.2, 0.25) is 0 Å². The molecule has 108 valence electrons. The van der Waals surface area contributed by atoms with E-state index in [2.05, 4.69) is 9.44 Å². The second-order valence-electron chi connectivity index (χ2n) is 4.46. The first kappa shape index (κ1) is 16.1. The molecule has 0 heterocycles. The molecule has 0 radical (unpaired) electrons. The van der Waals surface area contributed by atoms with Crippen LogP contribution in [0.5, 0.6) is 0 Å². The van der Waals surface area contributed by atoms with Gasteiger partial charge in [0.25, 0.3) is 0 Å². The smallest absolute Gasteiger partial charge is 0.213 e. The molecule has 0 saturated carbocycles.